The molecule has 0 aromatic heterocycles. The van der Waals surface area contributed by atoms with E-state index in [-0.39, 0.29) is 30.3 Å². The zero-order valence-corrected chi connectivity index (χ0v) is 19.2. The zero-order valence-electron chi connectivity index (χ0n) is 19.2. The molecule has 0 saturated heterocycles. The van der Waals surface area contributed by atoms with Crippen LogP contribution in [-0.2, 0) is 19.2 Å². The van der Waals surface area contributed by atoms with Gasteiger partial charge < -0.3 is 15.2 Å². The average molecular weight is 467 g/mol. The first-order valence-electron chi connectivity index (χ1n) is 11.7. The summed E-state index contributed by atoms with van der Waals surface area (Å²) in [5, 5.41) is 11.7. The summed E-state index contributed by atoms with van der Waals surface area (Å²) in [6.07, 6.45) is 1.48. The van der Waals surface area contributed by atoms with E-state index in [0.29, 0.717) is 19.4 Å². The van der Waals surface area contributed by atoms with Crippen LogP contribution in [0.2, 0.25) is 0 Å². The number of nitrogens with one attached hydrogen (secondary N) is 2. The third-order valence-corrected chi connectivity index (χ3v) is 6.72. The van der Waals surface area contributed by atoms with E-state index < -0.39 is 18.2 Å². The van der Waals surface area contributed by atoms with Crippen LogP contribution in [0.15, 0.2) is 48.5 Å². The fraction of sp³-hybridized carbons (Fsp3) is 0.423. The normalized spacial score (nSPS) is 20.0. The van der Waals surface area contributed by atoms with E-state index in [1.165, 1.54) is 18.1 Å². The molecular formula is C26H30N2O6. The van der Waals surface area contributed by atoms with Crippen molar-refractivity contribution in [3.63, 3.8) is 0 Å². The van der Waals surface area contributed by atoms with E-state index in [4.69, 9.17) is 14.7 Å². The standard InChI is InChI=1S/C26H30N2O6/c1-16(25(30)31)34-28-24(29)18-8-6-7-17(13-18)14-27-26(32)33-15-23-21-11-4-2-9-19(21)20-10-3-5-12-22(20)23/h2-5,9-12,16-18,23H,6-8,13-15H2,1H3,(H,27,32)(H,28,29)(H,30,31). The molecule has 1 saturated carbocycles. The fourth-order valence-electron chi connectivity index (χ4n) is 4.87. The first kappa shape index (κ1) is 23.8. The second-order valence-corrected chi connectivity index (χ2v) is 9.00. The molecule has 0 spiro atoms. The van der Waals surface area contributed by atoms with Gasteiger partial charge in [0.05, 0.1) is 0 Å². The fourth-order valence-corrected chi connectivity index (χ4v) is 4.87. The summed E-state index contributed by atoms with van der Waals surface area (Å²) < 4.78 is 5.59. The predicted octanol–water partition coefficient (Wildman–Crippen LogP) is 3.85. The topological polar surface area (TPSA) is 114 Å². The molecule has 2 aromatic rings. The summed E-state index contributed by atoms with van der Waals surface area (Å²) in [4.78, 5) is 40.5. The Morgan fingerprint density at radius 3 is 2.32 bits per heavy atom. The minimum Gasteiger partial charge on any atom is -0.479 e. The Morgan fingerprint density at radius 1 is 1.03 bits per heavy atom. The number of alkyl carbamates (subject to hydrolysis) is 1. The molecule has 180 valence electrons. The number of rotatable bonds is 8. The Hall–Kier alpha value is -3.39. The zero-order chi connectivity index (χ0) is 24.1. The first-order chi connectivity index (χ1) is 16.4. The Morgan fingerprint density at radius 2 is 1.68 bits per heavy atom. The highest BCUT2D eigenvalue weighted by atomic mass is 16.7. The van der Waals surface area contributed by atoms with Crippen LogP contribution in [0.1, 0.15) is 49.7 Å². The number of amides is 2. The maximum Gasteiger partial charge on any atom is 0.407 e. The van der Waals surface area contributed by atoms with Gasteiger partial charge in [-0.15, -0.1) is 0 Å². The third kappa shape index (κ3) is 5.39. The molecule has 0 heterocycles. The Balaban J connectivity index is 1.25. The van der Waals surface area contributed by atoms with Gasteiger partial charge in [-0.3, -0.25) is 9.63 Å². The van der Waals surface area contributed by atoms with Crippen LogP contribution in [0.5, 0.6) is 0 Å². The minimum atomic E-state index is -1.14. The highest BCUT2D eigenvalue weighted by Gasteiger charge is 2.30. The molecular weight excluding hydrogens is 436 g/mol. The van der Waals surface area contributed by atoms with Gasteiger partial charge in [-0.2, -0.15) is 0 Å². The van der Waals surface area contributed by atoms with E-state index in [1.807, 2.05) is 24.3 Å². The molecule has 2 aromatic carbocycles. The van der Waals surface area contributed by atoms with Crippen molar-refractivity contribution in [3.8, 4) is 11.1 Å². The number of carbonyl (C=O) groups is 3. The third-order valence-electron chi connectivity index (χ3n) is 6.72. The molecule has 2 aliphatic carbocycles. The van der Waals surface area contributed by atoms with Gasteiger partial charge in [0.15, 0.2) is 6.10 Å². The summed E-state index contributed by atoms with van der Waals surface area (Å²) in [5.74, 6) is -1.59. The molecule has 3 atom stereocenters. The molecule has 2 aliphatic rings. The molecule has 2 amide bonds. The maximum absolute atomic E-state index is 12.4. The van der Waals surface area contributed by atoms with Crippen molar-refractivity contribution in [3.05, 3.63) is 59.7 Å². The summed E-state index contributed by atoms with van der Waals surface area (Å²) >= 11 is 0. The second kappa shape index (κ2) is 10.7. The van der Waals surface area contributed by atoms with E-state index in [2.05, 4.69) is 35.1 Å². The van der Waals surface area contributed by atoms with Gasteiger partial charge in [0.2, 0.25) is 5.91 Å². The number of aliphatic carboxylic acids is 1. The molecule has 3 unspecified atom stereocenters. The smallest absolute Gasteiger partial charge is 0.407 e. The number of carboxylic acid groups (broad SMARTS) is 1. The molecule has 8 heteroatoms. The maximum atomic E-state index is 12.4. The molecule has 0 radical (unpaired) electrons. The van der Waals surface area contributed by atoms with Gasteiger partial charge in [-0.05, 0) is 54.4 Å². The van der Waals surface area contributed by atoms with Crippen LogP contribution in [0.25, 0.3) is 11.1 Å². The van der Waals surface area contributed by atoms with Gasteiger partial charge >= 0.3 is 12.1 Å². The van der Waals surface area contributed by atoms with Crippen LogP contribution in [0.3, 0.4) is 0 Å². The van der Waals surface area contributed by atoms with E-state index in [1.54, 1.807) is 0 Å². The lowest BCUT2D eigenvalue weighted by Crippen LogP contribution is -2.39. The first-order valence-corrected chi connectivity index (χ1v) is 11.7. The minimum absolute atomic E-state index is 0.00843. The van der Waals surface area contributed by atoms with E-state index in [0.717, 1.165) is 24.0 Å². The van der Waals surface area contributed by atoms with Crippen molar-refractivity contribution in [2.75, 3.05) is 13.2 Å². The van der Waals surface area contributed by atoms with Gasteiger partial charge in [0, 0.05) is 18.4 Å². The van der Waals surface area contributed by atoms with Crippen LogP contribution >= 0.6 is 0 Å². The summed E-state index contributed by atoms with van der Waals surface area (Å²) in [6.45, 7) is 2.03. The molecule has 4 rings (SSSR count). The molecule has 34 heavy (non-hydrogen) atoms. The van der Waals surface area contributed by atoms with Gasteiger partial charge in [-0.1, -0.05) is 55.0 Å². The van der Waals surface area contributed by atoms with Crippen molar-refractivity contribution in [1.82, 2.24) is 10.8 Å². The molecule has 8 nitrogen and oxygen atoms in total. The number of carbonyl (C=O) groups excluding carboxylic acids is 2. The van der Waals surface area contributed by atoms with Crippen molar-refractivity contribution in [2.24, 2.45) is 11.8 Å². The van der Waals surface area contributed by atoms with Crippen molar-refractivity contribution >= 4 is 18.0 Å². The Labute approximate surface area is 198 Å². The van der Waals surface area contributed by atoms with Crippen LogP contribution < -0.4 is 10.8 Å². The van der Waals surface area contributed by atoms with Gasteiger partial charge in [0.25, 0.3) is 0 Å². The SMILES string of the molecule is CC(ONC(=O)C1CCCC(CNC(=O)OCC2c3ccccc3-c3ccccc32)C1)C(=O)O. The van der Waals surface area contributed by atoms with Crippen LogP contribution in [-0.4, -0.2) is 42.3 Å². The summed E-state index contributed by atoms with van der Waals surface area (Å²) in [5.41, 5.74) is 6.94. The average Bonchev–Trinajstić information content (AvgIpc) is 3.18. The quantitative estimate of drug-likeness (QED) is 0.509. The monoisotopic (exact) mass is 466 g/mol. The van der Waals surface area contributed by atoms with E-state index in [9.17, 15) is 14.4 Å². The number of hydroxylamine groups is 1. The molecule has 0 bridgehead atoms. The molecule has 3 N–H and O–H groups in total. The number of benzene rings is 2. The van der Waals surface area contributed by atoms with Gasteiger partial charge in [0.1, 0.15) is 6.61 Å². The number of hydrogen-bond acceptors (Lipinski definition) is 5. The van der Waals surface area contributed by atoms with Crippen molar-refractivity contribution in [1.29, 1.82) is 0 Å². The molecule has 0 aliphatic heterocycles. The lowest BCUT2D eigenvalue weighted by atomic mass is 9.81. The second-order valence-electron chi connectivity index (χ2n) is 9.00. The van der Waals surface area contributed by atoms with E-state index >= 15 is 0 Å². The Bertz CT molecular complexity index is 1010. The van der Waals surface area contributed by atoms with Crippen molar-refractivity contribution < 1.29 is 29.1 Å². The number of ether oxygens (including phenoxy) is 1. The number of fused-ring (bicyclic) bond motifs is 3. The predicted molar refractivity (Wildman–Crippen MR) is 125 cm³/mol. The molecule has 1 fully saturated rings. The number of carboxylic acids is 1. The lowest BCUT2D eigenvalue weighted by molar-refractivity contribution is -0.160. The summed E-state index contributed by atoms with van der Waals surface area (Å²) in [7, 11) is 0. The Kier molecular flexibility index (Phi) is 7.47. The largest absolute Gasteiger partial charge is 0.479 e. The van der Waals surface area contributed by atoms with Crippen LogP contribution in [0, 0.1) is 11.8 Å². The summed E-state index contributed by atoms with van der Waals surface area (Å²) in [6, 6.07) is 16.4. The van der Waals surface area contributed by atoms with Crippen LogP contribution in [0.4, 0.5) is 4.79 Å². The lowest BCUT2D eigenvalue weighted by Gasteiger charge is -2.28. The number of hydrogen-bond donors (Lipinski definition) is 3. The van der Waals surface area contributed by atoms with Crippen molar-refractivity contribution in [2.45, 2.75) is 44.6 Å². The highest BCUT2D eigenvalue weighted by Crippen LogP contribution is 2.44. The van der Waals surface area contributed by atoms with Gasteiger partial charge in [-0.25, -0.2) is 15.1 Å². The highest BCUT2D eigenvalue weighted by molar-refractivity contribution is 5.79.